The van der Waals surface area contributed by atoms with Gasteiger partial charge in [-0.3, -0.25) is 9.59 Å². The monoisotopic (exact) mass is 404 g/mol. The zero-order valence-corrected chi connectivity index (χ0v) is 18.2. The number of carbonyl (C=O) groups is 2. The molecule has 2 amide bonds. The van der Waals surface area contributed by atoms with Crippen LogP contribution in [0.1, 0.15) is 96.0 Å². The molecule has 0 atom stereocenters. The first-order valence-electron chi connectivity index (χ1n) is 11.4. The molecule has 0 spiro atoms. The Morgan fingerprint density at radius 2 is 1.24 bits per heavy atom. The fraction of sp³-hybridized carbons (Fsp3) is 0.667. The van der Waals surface area contributed by atoms with Crippen LogP contribution in [-0.4, -0.2) is 28.4 Å². The van der Waals surface area contributed by atoms with E-state index < -0.39 is 11.8 Å². The molecule has 1 aromatic rings. The van der Waals surface area contributed by atoms with Crippen LogP contribution in [0.4, 0.5) is 0 Å². The molecule has 0 saturated carbocycles. The molecule has 0 saturated heterocycles. The molecule has 0 fully saturated rings. The Morgan fingerprint density at radius 1 is 0.793 bits per heavy atom. The number of unbranched alkanes of at least 4 members (excludes halogenated alkanes) is 12. The first-order valence-corrected chi connectivity index (χ1v) is 11.4. The number of carbonyl (C=O) groups excluding carboxylic acids is 2. The van der Waals surface area contributed by atoms with Gasteiger partial charge in [-0.25, -0.2) is 0 Å². The van der Waals surface area contributed by atoms with Gasteiger partial charge < -0.3 is 15.7 Å². The van der Waals surface area contributed by atoms with E-state index in [0.29, 0.717) is 13.1 Å². The van der Waals surface area contributed by atoms with Crippen LogP contribution in [0.15, 0.2) is 24.3 Å². The lowest BCUT2D eigenvalue weighted by Gasteiger charge is -2.21. The van der Waals surface area contributed by atoms with Gasteiger partial charge in [0.15, 0.2) is 0 Å². The molecule has 5 nitrogen and oxygen atoms in total. The number of primary amides is 1. The quantitative estimate of drug-likeness (QED) is 0.290. The summed E-state index contributed by atoms with van der Waals surface area (Å²) in [4.78, 5) is 24.9. The summed E-state index contributed by atoms with van der Waals surface area (Å²) in [5.74, 6) is -1.38. The Labute approximate surface area is 176 Å². The number of hydrogen-bond donors (Lipinski definition) is 2. The van der Waals surface area contributed by atoms with Crippen LogP contribution >= 0.6 is 0 Å². The van der Waals surface area contributed by atoms with Gasteiger partial charge in [-0.1, -0.05) is 96.1 Å². The lowest BCUT2D eigenvalue weighted by molar-refractivity contribution is -0.144. The molecule has 0 aromatic heterocycles. The molecule has 0 aliphatic rings. The van der Waals surface area contributed by atoms with Crippen molar-refractivity contribution in [2.75, 3.05) is 6.54 Å². The second kappa shape index (κ2) is 15.8. The van der Waals surface area contributed by atoms with Crippen molar-refractivity contribution in [1.82, 2.24) is 4.90 Å². The maximum Gasteiger partial charge on any atom is 0.311 e. The minimum absolute atomic E-state index is 0.179. The SMILES string of the molecule is CCCCCCCCCCCCCCCN(Cc1ccc(O)cc1)C(=O)C(N)=O. The summed E-state index contributed by atoms with van der Waals surface area (Å²) in [6.07, 6.45) is 16.5. The van der Waals surface area contributed by atoms with Gasteiger partial charge in [0.2, 0.25) is 0 Å². The number of phenolic OH excluding ortho intramolecular Hbond substituents is 1. The predicted octanol–water partition coefficient (Wildman–Crippen LogP) is 5.30. The number of rotatable bonds is 16. The Kier molecular flexibility index (Phi) is 13.6. The number of amides is 2. The van der Waals surface area contributed by atoms with E-state index in [4.69, 9.17) is 5.73 Å². The van der Waals surface area contributed by atoms with Gasteiger partial charge in [-0.2, -0.15) is 0 Å². The number of nitrogens with zero attached hydrogens (tertiary/aromatic N) is 1. The molecule has 3 N–H and O–H groups in total. The van der Waals surface area contributed by atoms with Gasteiger partial charge >= 0.3 is 11.8 Å². The van der Waals surface area contributed by atoms with E-state index in [1.807, 2.05) is 0 Å². The fourth-order valence-electron chi connectivity index (χ4n) is 3.55. The summed E-state index contributed by atoms with van der Waals surface area (Å²) in [5.41, 5.74) is 6.06. The zero-order chi connectivity index (χ0) is 21.3. The van der Waals surface area contributed by atoms with Crippen LogP contribution < -0.4 is 5.73 Å². The normalized spacial score (nSPS) is 10.8. The highest BCUT2D eigenvalue weighted by Gasteiger charge is 2.18. The van der Waals surface area contributed by atoms with Crippen LogP contribution in [0.25, 0.3) is 0 Å². The first kappa shape index (κ1) is 25.0. The Morgan fingerprint density at radius 3 is 1.69 bits per heavy atom. The molecule has 29 heavy (non-hydrogen) atoms. The van der Waals surface area contributed by atoms with E-state index in [9.17, 15) is 14.7 Å². The van der Waals surface area contributed by atoms with Crippen molar-refractivity contribution in [2.24, 2.45) is 5.73 Å². The Bertz CT molecular complexity index is 572. The third-order valence-electron chi connectivity index (χ3n) is 5.34. The number of hydrogen-bond acceptors (Lipinski definition) is 3. The second-order valence-corrected chi connectivity index (χ2v) is 8.00. The van der Waals surface area contributed by atoms with Crippen molar-refractivity contribution in [3.63, 3.8) is 0 Å². The maximum absolute atomic E-state index is 12.1. The van der Waals surface area contributed by atoms with E-state index in [2.05, 4.69) is 6.92 Å². The van der Waals surface area contributed by atoms with Gasteiger partial charge in [-0.15, -0.1) is 0 Å². The maximum atomic E-state index is 12.1. The smallest absolute Gasteiger partial charge is 0.311 e. The summed E-state index contributed by atoms with van der Waals surface area (Å²) >= 11 is 0. The van der Waals surface area contributed by atoms with E-state index >= 15 is 0 Å². The van der Waals surface area contributed by atoms with Crippen LogP contribution in [0, 0.1) is 0 Å². The van der Waals surface area contributed by atoms with Crippen molar-refractivity contribution < 1.29 is 14.7 Å². The summed E-state index contributed by atoms with van der Waals surface area (Å²) in [5, 5.41) is 9.37. The minimum atomic E-state index is -0.918. The van der Waals surface area contributed by atoms with E-state index in [0.717, 1.165) is 24.8 Å². The standard InChI is InChI=1S/C24H40N2O3/c1-2-3-4-5-6-7-8-9-10-11-12-13-14-19-26(24(29)23(25)28)20-21-15-17-22(27)18-16-21/h15-18,27H,2-14,19-20H2,1H3,(H2,25,28). The zero-order valence-electron chi connectivity index (χ0n) is 18.2. The Balaban J connectivity index is 2.14. The van der Waals surface area contributed by atoms with Gasteiger partial charge in [0.05, 0.1) is 0 Å². The first-order chi connectivity index (χ1) is 14.0. The lowest BCUT2D eigenvalue weighted by Crippen LogP contribution is -2.40. The highest BCUT2D eigenvalue weighted by Crippen LogP contribution is 2.14. The molecule has 164 valence electrons. The van der Waals surface area contributed by atoms with Crippen LogP contribution in [0.5, 0.6) is 5.75 Å². The van der Waals surface area contributed by atoms with E-state index in [-0.39, 0.29) is 5.75 Å². The molecule has 0 bridgehead atoms. The molecule has 1 aromatic carbocycles. The van der Waals surface area contributed by atoms with Gasteiger partial charge in [-0.05, 0) is 24.1 Å². The molecule has 0 heterocycles. The topological polar surface area (TPSA) is 83.6 Å². The number of benzene rings is 1. The number of phenols is 1. The van der Waals surface area contributed by atoms with Gasteiger partial charge in [0.1, 0.15) is 5.75 Å². The molecule has 1 rings (SSSR count). The van der Waals surface area contributed by atoms with Crippen LogP contribution in [0.3, 0.4) is 0 Å². The van der Waals surface area contributed by atoms with Crippen molar-refractivity contribution in [3.05, 3.63) is 29.8 Å². The van der Waals surface area contributed by atoms with E-state index in [1.54, 1.807) is 24.3 Å². The molecule has 0 radical (unpaired) electrons. The van der Waals surface area contributed by atoms with Gasteiger partial charge in [0, 0.05) is 13.1 Å². The van der Waals surface area contributed by atoms with Crippen LogP contribution in [-0.2, 0) is 16.1 Å². The predicted molar refractivity (Wildman–Crippen MR) is 118 cm³/mol. The van der Waals surface area contributed by atoms with Gasteiger partial charge in [0.25, 0.3) is 0 Å². The summed E-state index contributed by atoms with van der Waals surface area (Å²) in [6, 6.07) is 6.65. The third kappa shape index (κ3) is 12.2. The molecule has 5 heteroatoms. The molecular formula is C24H40N2O3. The minimum Gasteiger partial charge on any atom is -0.508 e. The van der Waals surface area contributed by atoms with Crippen molar-refractivity contribution in [1.29, 1.82) is 0 Å². The summed E-state index contributed by atoms with van der Waals surface area (Å²) < 4.78 is 0. The number of aromatic hydroxyl groups is 1. The summed E-state index contributed by atoms with van der Waals surface area (Å²) in [6.45, 7) is 3.11. The second-order valence-electron chi connectivity index (χ2n) is 8.00. The summed E-state index contributed by atoms with van der Waals surface area (Å²) in [7, 11) is 0. The van der Waals surface area contributed by atoms with E-state index in [1.165, 1.54) is 69.1 Å². The fourth-order valence-corrected chi connectivity index (χ4v) is 3.55. The van der Waals surface area contributed by atoms with Crippen molar-refractivity contribution >= 4 is 11.8 Å². The van der Waals surface area contributed by atoms with Crippen molar-refractivity contribution in [2.45, 2.75) is 96.9 Å². The lowest BCUT2D eigenvalue weighted by atomic mass is 10.0. The number of nitrogens with two attached hydrogens (primary N) is 1. The van der Waals surface area contributed by atoms with Crippen LogP contribution in [0.2, 0.25) is 0 Å². The van der Waals surface area contributed by atoms with Crippen molar-refractivity contribution in [3.8, 4) is 5.75 Å². The Hall–Kier alpha value is -2.04. The average molecular weight is 405 g/mol. The highest BCUT2D eigenvalue weighted by molar-refractivity contribution is 6.34. The molecule has 0 unspecified atom stereocenters. The molecule has 0 aliphatic carbocycles. The average Bonchev–Trinajstić information content (AvgIpc) is 2.71. The highest BCUT2D eigenvalue weighted by atomic mass is 16.3. The molecular weight excluding hydrogens is 364 g/mol. The molecule has 0 aliphatic heterocycles. The largest absolute Gasteiger partial charge is 0.508 e. The third-order valence-corrected chi connectivity index (χ3v) is 5.34.